The summed E-state index contributed by atoms with van der Waals surface area (Å²) in [6.07, 6.45) is 17.8. The van der Waals surface area contributed by atoms with Gasteiger partial charge in [-0.2, -0.15) is 0 Å². The number of rotatable bonds is 4. The molecule has 124 valence electrons. The highest BCUT2D eigenvalue weighted by molar-refractivity contribution is 4.69. The first-order chi connectivity index (χ1) is 8.76. The number of hydrogen-bond acceptors (Lipinski definition) is 0. The molecule has 2 rings (SSSR count). The van der Waals surface area contributed by atoms with E-state index in [1.807, 2.05) is 0 Å². The number of hydrogen-bond donors (Lipinski definition) is 0. The molecule has 2 N–H and O–H groups in total. The lowest BCUT2D eigenvalue weighted by molar-refractivity contribution is 0.279. The molecule has 0 bridgehead atoms. The second kappa shape index (κ2) is 13.9. The summed E-state index contributed by atoms with van der Waals surface area (Å²) in [5.41, 5.74) is 0. The van der Waals surface area contributed by atoms with E-state index < -0.39 is 0 Å². The summed E-state index contributed by atoms with van der Waals surface area (Å²) in [6.45, 7) is 7.03. The minimum Gasteiger partial charge on any atom is -0.412 e. The van der Waals surface area contributed by atoms with Crippen LogP contribution in [-0.4, -0.2) is 5.48 Å². The van der Waals surface area contributed by atoms with Gasteiger partial charge in [-0.25, -0.2) is 0 Å². The van der Waals surface area contributed by atoms with Gasteiger partial charge in [0.2, 0.25) is 0 Å². The molecule has 0 saturated heterocycles. The highest BCUT2D eigenvalue weighted by atomic mass is 16.0. The summed E-state index contributed by atoms with van der Waals surface area (Å²) >= 11 is 0. The van der Waals surface area contributed by atoms with Gasteiger partial charge < -0.3 is 5.48 Å². The minimum absolute atomic E-state index is 0. The van der Waals surface area contributed by atoms with Crippen LogP contribution in [0.4, 0.5) is 0 Å². The molecule has 0 heterocycles. The smallest absolute Gasteiger partial charge is 0.0412 e. The van der Waals surface area contributed by atoms with Gasteiger partial charge in [0, 0.05) is 0 Å². The average Bonchev–Trinajstić information content (AvgIpc) is 2.89. The van der Waals surface area contributed by atoms with Crippen LogP contribution in [0.1, 0.15) is 105 Å². The zero-order valence-electron chi connectivity index (χ0n) is 13.7. The molecule has 0 aromatic rings. The van der Waals surface area contributed by atoms with Crippen LogP contribution in [0.25, 0.3) is 0 Å². The molecule has 0 radical (unpaired) electrons. The van der Waals surface area contributed by atoms with Gasteiger partial charge in [-0.15, -0.1) is 0 Å². The van der Waals surface area contributed by atoms with E-state index in [9.17, 15) is 0 Å². The lowest BCUT2D eigenvalue weighted by Gasteiger charge is -2.25. The summed E-state index contributed by atoms with van der Waals surface area (Å²) in [6, 6.07) is 0. The first kappa shape index (κ1) is 22.2. The third-order valence-electron chi connectivity index (χ3n) is 5.19. The molecular weight excluding hydrogens is 244 g/mol. The second-order valence-electron chi connectivity index (χ2n) is 6.81. The van der Waals surface area contributed by atoms with E-state index in [4.69, 9.17) is 0 Å². The Labute approximate surface area is 129 Å². The van der Waals surface area contributed by atoms with Gasteiger partial charge in [0.1, 0.15) is 0 Å². The average molecular weight is 287 g/mol. The van der Waals surface area contributed by atoms with Crippen molar-refractivity contribution in [3.05, 3.63) is 0 Å². The summed E-state index contributed by atoms with van der Waals surface area (Å²) in [5.74, 6) is 3.15. The van der Waals surface area contributed by atoms with E-state index in [-0.39, 0.29) is 12.9 Å². The van der Waals surface area contributed by atoms with E-state index in [1.54, 1.807) is 0 Å². The van der Waals surface area contributed by atoms with Gasteiger partial charge >= 0.3 is 0 Å². The minimum atomic E-state index is 0. The molecule has 2 aliphatic carbocycles. The Bertz CT molecular complexity index is 174. The fourth-order valence-electron chi connectivity index (χ4n) is 3.65. The maximum atomic E-state index is 2.34. The fourth-order valence-corrected chi connectivity index (χ4v) is 3.65. The Morgan fingerprint density at radius 2 is 1.25 bits per heavy atom. The largest absolute Gasteiger partial charge is 0.412 e. The van der Waals surface area contributed by atoms with Gasteiger partial charge in [0.25, 0.3) is 0 Å². The second-order valence-corrected chi connectivity index (χ2v) is 6.81. The van der Waals surface area contributed by atoms with Crippen LogP contribution < -0.4 is 0 Å². The predicted molar refractivity (Wildman–Crippen MR) is 93.2 cm³/mol. The van der Waals surface area contributed by atoms with Crippen LogP contribution in [0.3, 0.4) is 0 Å². The SMILES string of the molecule is C.CC1CCCC1.CCC(CC)CC1CCCCC1.O. The Hall–Kier alpha value is -0.0400. The quantitative estimate of drug-likeness (QED) is 0.572. The summed E-state index contributed by atoms with van der Waals surface area (Å²) in [4.78, 5) is 0. The molecule has 0 spiro atoms. The maximum Gasteiger partial charge on any atom is -0.0412 e. The van der Waals surface area contributed by atoms with Crippen molar-refractivity contribution in [2.75, 3.05) is 0 Å². The van der Waals surface area contributed by atoms with Crippen molar-refractivity contribution < 1.29 is 5.48 Å². The zero-order valence-corrected chi connectivity index (χ0v) is 13.7. The van der Waals surface area contributed by atoms with Crippen molar-refractivity contribution in [2.24, 2.45) is 17.8 Å². The van der Waals surface area contributed by atoms with Gasteiger partial charge in [-0.1, -0.05) is 98.8 Å². The third kappa shape index (κ3) is 9.80. The van der Waals surface area contributed by atoms with Crippen molar-refractivity contribution in [3.63, 3.8) is 0 Å². The fraction of sp³-hybridized carbons (Fsp3) is 1.00. The van der Waals surface area contributed by atoms with Crippen molar-refractivity contribution in [1.29, 1.82) is 0 Å². The summed E-state index contributed by atoms with van der Waals surface area (Å²) < 4.78 is 0. The predicted octanol–water partition coefficient (Wildman–Crippen LogP) is 6.40. The molecule has 0 aromatic heterocycles. The lowest BCUT2D eigenvalue weighted by atomic mass is 9.81. The Morgan fingerprint density at radius 3 is 1.60 bits per heavy atom. The standard InChI is InChI=1S/C12H24.C6H12.CH4.H2O/c1-3-11(4-2)10-12-8-6-5-7-9-12;1-6-4-2-3-5-6;;/h11-12H,3-10H2,1-2H3;6H,2-5H2,1H3;1H4;1H2. The van der Waals surface area contributed by atoms with Crippen molar-refractivity contribution in [3.8, 4) is 0 Å². The van der Waals surface area contributed by atoms with Gasteiger partial charge in [0.05, 0.1) is 0 Å². The first-order valence-corrected chi connectivity index (χ1v) is 8.76. The van der Waals surface area contributed by atoms with Crippen LogP contribution in [0, 0.1) is 17.8 Å². The highest BCUT2D eigenvalue weighted by Crippen LogP contribution is 2.30. The van der Waals surface area contributed by atoms with E-state index in [1.165, 1.54) is 77.0 Å². The Balaban J connectivity index is 0. The molecule has 0 aromatic carbocycles. The van der Waals surface area contributed by atoms with E-state index in [0.717, 1.165) is 17.8 Å². The van der Waals surface area contributed by atoms with Gasteiger partial charge in [-0.3, -0.25) is 0 Å². The molecule has 0 atom stereocenters. The maximum absolute atomic E-state index is 2.34. The lowest BCUT2D eigenvalue weighted by Crippen LogP contribution is -2.11. The van der Waals surface area contributed by atoms with Crippen molar-refractivity contribution in [1.82, 2.24) is 0 Å². The Morgan fingerprint density at radius 1 is 0.800 bits per heavy atom. The Kier molecular flexibility index (Phi) is 15.5. The molecule has 0 unspecified atom stereocenters. The molecule has 0 aliphatic heterocycles. The van der Waals surface area contributed by atoms with Crippen LogP contribution in [-0.2, 0) is 0 Å². The summed E-state index contributed by atoms with van der Waals surface area (Å²) in [5, 5.41) is 0. The van der Waals surface area contributed by atoms with Crippen LogP contribution in [0.15, 0.2) is 0 Å². The molecule has 2 saturated carbocycles. The molecule has 1 nitrogen and oxygen atoms in total. The highest BCUT2D eigenvalue weighted by Gasteiger charge is 2.16. The molecule has 2 fully saturated rings. The van der Waals surface area contributed by atoms with Crippen molar-refractivity contribution in [2.45, 2.75) is 105 Å². The normalized spacial score (nSPS) is 19.8. The van der Waals surface area contributed by atoms with Gasteiger partial charge in [0.15, 0.2) is 0 Å². The van der Waals surface area contributed by atoms with Crippen LogP contribution in [0.2, 0.25) is 0 Å². The first-order valence-electron chi connectivity index (χ1n) is 8.76. The molecular formula is C19H42O. The van der Waals surface area contributed by atoms with E-state index >= 15 is 0 Å². The topological polar surface area (TPSA) is 31.5 Å². The van der Waals surface area contributed by atoms with E-state index in [2.05, 4.69) is 20.8 Å². The monoisotopic (exact) mass is 286 g/mol. The van der Waals surface area contributed by atoms with E-state index in [0.29, 0.717) is 0 Å². The van der Waals surface area contributed by atoms with Crippen molar-refractivity contribution >= 4 is 0 Å². The molecule has 2 aliphatic rings. The van der Waals surface area contributed by atoms with Gasteiger partial charge in [-0.05, 0) is 24.2 Å². The molecule has 1 heteroatoms. The molecule has 20 heavy (non-hydrogen) atoms. The zero-order chi connectivity index (χ0) is 13.2. The summed E-state index contributed by atoms with van der Waals surface area (Å²) in [7, 11) is 0. The van der Waals surface area contributed by atoms with Crippen LogP contribution >= 0.6 is 0 Å². The third-order valence-corrected chi connectivity index (χ3v) is 5.19. The van der Waals surface area contributed by atoms with Crippen LogP contribution in [0.5, 0.6) is 0 Å². The molecule has 0 amide bonds.